The van der Waals surface area contributed by atoms with E-state index < -0.39 is 0 Å². The number of aryl methyl sites for hydroxylation is 1. The molecule has 0 saturated carbocycles. The number of nitrogens with zero attached hydrogens (tertiary/aromatic N) is 1. The Bertz CT molecular complexity index is 631. The molecule has 0 N–H and O–H groups in total. The topological polar surface area (TPSA) is 31.2 Å². The maximum atomic E-state index is 12.2. The Balaban J connectivity index is 1.93. The summed E-state index contributed by atoms with van der Waals surface area (Å²) in [6.07, 6.45) is 7.32. The maximum Gasteiger partial charge on any atom is 0.293 e. The molecule has 0 bridgehead atoms. The summed E-state index contributed by atoms with van der Waals surface area (Å²) in [6.45, 7) is 2.85. The monoisotopic (exact) mass is 287 g/mol. The molecule has 0 aliphatic rings. The number of para-hydroxylation sites is 1. The zero-order chi connectivity index (χ0) is 15.1. The molecule has 3 nitrogen and oxygen atoms in total. The van der Waals surface area contributed by atoms with Crippen LogP contribution in [0.1, 0.15) is 45.4 Å². The van der Waals surface area contributed by atoms with Gasteiger partial charge >= 0.3 is 0 Å². The van der Waals surface area contributed by atoms with Crippen LogP contribution in [0.4, 0.5) is 0 Å². The third-order valence-electron chi connectivity index (χ3n) is 3.86. The highest BCUT2D eigenvalue weighted by atomic mass is 16.5. The summed E-state index contributed by atoms with van der Waals surface area (Å²) < 4.78 is 7.36. The molecular formula is C18H25NO2. The molecule has 0 unspecified atom stereocenters. The summed E-state index contributed by atoms with van der Waals surface area (Å²) in [6, 6.07) is 9.73. The Morgan fingerprint density at radius 1 is 1.05 bits per heavy atom. The van der Waals surface area contributed by atoms with Gasteiger partial charge in [0.05, 0.1) is 12.1 Å². The van der Waals surface area contributed by atoms with Gasteiger partial charge in [-0.3, -0.25) is 4.79 Å². The minimum Gasteiger partial charge on any atom is -0.488 e. The van der Waals surface area contributed by atoms with E-state index in [1.54, 1.807) is 11.6 Å². The van der Waals surface area contributed by atoms with Gasteiger partial charge in [0, 0.05) is 12.4 Å². The second-order valence-electron chi connectivity index (χ2n) is 5.55. The average molecular weight is 287 g/mol. The van der Waals surface area contributed by atoms with Gasteiger partial charge in [-0.15, -0.1) is 0 Å². The van der Waals surface area contributed by atoms with E-state index in [4.69, 9.17) is 4.74 Å². The number of hydrogen-bond acceptors (Lipinski definition) is 2. The fourth-order valence-electron chi connectivity index (χ4n) is 2.56. The molecule has 0 saturated heterocycles. The summed E-state index contributed by atoms with van der Waals surface area (Å²) in [5, 5.41) is 1.04. The van der Waals surface area contributed by atoms with Crippen molar-refractivity contribution in [3.05, 3.63) is 40.7 Å². The van der Waals surface area contributed by atoms with Crippen LogP contribution in [-0.2, 0) is 7.05 Å². The molecule has 0 radical (unpaired) electrons. The highest BCUT2D eigenvalue weighted by Crippen LogP contribution is 2.16. The molecule has 2 aromatic rings. The minimum atomic E-state index is -0.0558. The number of unbranched alkanes of at least 4 members (excludes halogenated alkanes) is 5. The Morgan fingerprint density at radius 3 is 2.57 bits per heavy atom. The Labute approximate surface area is 126 Å². The first-order valence-corrected chi connectivity index (χ1v) is 7.95. The molecule has 21 heavy (non-hydrogen) atoms. The van der Waals surface area contributed by atoms with Crippen molar-refractivity contribution in [1.29, 1.82) is 0 Å². The summed E-state index contributed by atoms with van der Waals surface area (Å²) in [5.41, 5.74) is 0.883. The third kappa shape index (κ3) is 4.10. The number of pyridine rings is 1. The van der Waals surface area contributed by atoms with Gasteiger partial charge in [-0.1, -0.05) is 57.2 Å². The van der Waals surface area contributed by atoms with Crippen molar-refractivity contribution in [3.8, 4) is 5.75 Å². The van der Waals surface area contributed by atoms with Crippen molar-refractivity contribution in [3.63, 3.8) is 0 Å². The zero-order valence-electron chi connectivity index (χ0n) is 13.1. The highest BCUT2D eigenvalue weighted by molar-refractivity contribution is 5.80. The van der Waals surface area contributed by atoms with Crippen LogP contribution in [0.5, 0.6) is 5.75 Å². The lowest BCUT2D eigenvalue weighted by atomic mass is 10.1. The van der Waals surface area contributed by atoms with Crippen LogP contribution in [0.2, 0.25) is 0 Å². The first-order valence-electron chi connectivity index (χ1n) is 7.95. The van der Waals surface area contributed by atoms with Crippen molar-refractivity contribution in [2.75, 3.05) is 6.61 Å². The van der Waals surface area contributed by atoms with Crippen LogP contribution in [-0.4, -0.2) is 11.2 Å². The minimum absolute atomic E-state index is 0.0558. The third-order valence-corrected chi connectivity index (χ3v) is 3.86. The highest BCUT2D eigenvalue weighted by Gasteiger charge is 2.07. The largest absolute Gasteiger partial charge is 0.488 e. The second-order valence-corrected chi connectivity index (χ2v) is 5.55. The fraction of sp³-hybridized carbons (Fsp3) is 0.500. The van der Waals surface area contributed by atoms with Gasteiger partial charge < -0.3 is 9.30 Å². The molecule has 1 heterocycles. The second kappa shape index (κ2) is 7.87. The van der Waals surface area contributed by atoms with Crippen LogP contribution in [0, 0.1) is 0 Å². The summed E-state index contributed by atoms with van der Waals surface area (Å²) >= 11 is 0. The molecule has 0 spiro atoms. The molecule has 3 heteroatoms. The van der Waals surface area contributed by atoms with Crippen molar-refractivity contribution in [2.24, 2.45) is 7.05 Å². The van der Waals surface area contributed by atoms with Crippen LogP contribution < -0.4 is 10.3 Å². The Morgan fingerprint density at radius 2 is 1.76 bits per heavy atom. The number of ether oxygens (including phenoxy) is 1. The summed E-state index contributed by atoms with van der Waals surface area (Å²) in [4.78, 5) is 12.2. The van der Waals surface area contributed by atoms with Gasteiger partial charge in [0.2, 0.25) is 0 Å². The lowest BCUT2D eigenvalue weighted by Gasteiger charge is -2.10. The molecule has 1 aromatic carbocycles. The Kier molecular flexibility index (Phi) is 5.85. The molecule has 0 aliphatic carbocycles. The van der Waals surface area contributed by atoms with Crippen LogP contribution in [0.15, 0.2) is 35.1 Å². The van der Waals surface area contributed by atoms with E-state index in [0.29, 0.717) is 12.4 Å². The number of aromatic nitrogens is 1. The van der Waals surface area contributed by atoms with Gasteiger partial charge in [0.15, 0.2) is 5.75 Å². The quantitative estimate of drug-likeness (QED) is 0.679. The molecular weight excluding hydrogens is 262 g/mol. The molecule has 1 aromatic heterocycles. The van der Waals surface area contributed by atoms with Gasteiger partial charge in [0.1, 0.15) is 0 Å². The number of hydrogen-bond donors (Lipinski definition) is 0. The fourth-order valence-corrected chi connectivity index (χ4v) is 2.56. The smallest absolute Gasteiger partial charge is 0.293 e. The van der Waals surface area contributed by atoms with E-state index in [1.807, 2.05) is 30.3 Å². The van der Waals surface area contributed by atoms with E-state index >= 15 is 0 Å². The van der Waals surface area contributed by atoms with Gasteiger partial charge in [-0.25, -0.2) is 0 Å². The number of fused-ring (bicyclic) bond motifs is 1. The summed E-state index contributed by atoms with van der Waals surface area (Å²) in [5.74, 6) is 0.463. The number of benzene rings is 1. The normalized spacial score (nSPS) is 11.0. The standard InChI is InChI=1S/C18H25NO2/c1-3-4-5-6-7-10-13-21-17-14-15-11-8-9-12-16(15)19(2)18(17)20/h8-9,11-12,14H,3-7,10,13H2,1-2H3. The van der Waals surface area contributed by atoms with E-state index in [0.717, 1.165) is 17.3 Å². The van der Waals surface area contributed by atoms with Crippen LogP contribution >= 0.6 is 0 Å². The van der Waals surface area contributed by atoms with Crippen molar-refractivity contribution in [2.45, 2.75) is 45.4 Å². The van der Waals surface area contributed by atoms with Gasteiger partial charge in [-0.2, -0.15) is 0 Å². The molecule has 0 aliphatic heterocycles. The summed E-state index contributed by atoms with van der Waals surface area (Å²) in [7, 11) is 1.79. The lowest BCUT2D eigenvalue weighted by molar-refractivity contribution is 0.299. The molecule has 2 rings (SSSR count). The maximum absolute atomic E-state index is 12.2. The number of rotatable bonds is 8. The van der Waals surface area contributed by atoms with Crippen molar-refractivity contribution in [1.82, 2.24) is 4.57 Å². The first-order chi connectivity index (χ1) is 10.2. The van der Waals surface area contributed by atoms with Crippen molar-refractivity contribution >= 4 is 10.9 Å². The molecule has 114 valence electrons. The molecule has 0 atom stereocenters. The van der Waals surface area contributed by atoms with Crippen molar-refractivity contribution < 1.29 is 4.74 Å². The van der Waals surface area contributed by atoms with Crippen LogP contribution in [0.3, 0.4) is 0 Å². The van der Waals surface area contributed by atoms with Gasteiger partial charge in [0.25, 0.3) is 5.56 Å². The van der Waals surface area contributed by atoms with E-state index in [1.165, 1.54) is 32.1 Å². The predicted octanol–water partition coefficient (Wildman–Crippen LogP) is 4.28. The Hall–Kier alpha value is -1.77. The van der Waals surface area contributed by atoms with E-state index in [-0.39, 0.29) is 5.56 Å². The SMILES string of the molecule is CCCCCCCCOc1cc2ccccc2n(C)c1=O. The van der Waals surface area contributed by atoms with E-state index in [2.05, 4.69) is 6.92 Å². The zero-order valence-corrected chi connectivity index (χ0v) is 13.1. The molecule has 0 amide bonds. The lowest BCUT2D eigenvalue weighted by Crippen LogP contribution is -2.19. The van der Waals surface area contributed by atoms with Gasteiger partial charge in [-0.05, 0) is 18.6 Å². The average Bonchev–Trinajstić information content (AvgIpc) is 2.51. The first kappa shape index (κ1) is 15.6. The van der Waals surface area contributed by atoms with E-state index in [9.17, 15) is 4.79 Å². The van der Waals surface area contributed by atoms with Crippen LogP contribution in [0.25, 0.3) is 10.9 Å². The molecule has 0 fully saturated rings. The predicted molar refractivity (Wildman–Crippen MR) is 88.1 cm³/mol.